The third-order valence-corrected chi connectivity index (χ3v) is 8.98. The largest absolute Gasteiger partial charge is 0.458 e. The summed E-state index contributed by atoms with van der Waals surface area (Å²) in [5, 5.41) is 13.8. The summed E-state index contributed by atoms with van der Waals surface area (Å²) in [4.78, 5) is 68.5. The summed E-state index contributed by atoms with van der Waals surface area (Å²) in [6.07, 6.45) is 1.03. The molecule has 0 fully saturated rings. The molecule has 2 aliphatic heterocycles. The van der Waals surface area contributed by atoms with Crippen LogP contribution in [0.4, 0.5) is 14.0 Å². The molecule has 3 aliphatic rings. The maximum absolute atomic E-state index is 14.5. The van der Waals surface area contributed by atoms with Crippen LogP contribution in [0.1, 0.15) is 80.5 Å². The lowest BCUT2D eigenvalue weighted by Gasteiger charge is -2.22. The van der Waals surface area contributed by atoms with Crippen molar-refractivity contribution in [3.63, 3.8) is 0 Å². The molecule has 15 nitrogen and oxygen atoms in total. The van der Waals surface area contributed by atoms with Gasteiger partial charge in [-0.05, 0) is 76.4 Å². The smallest absolute Gasteiger partial charge is 0.415 e. The number of nitrogens with two attached hydrogens (primary N) is 1. The molecular weight excluding hydrogens is 715 g/mol. The lowest BCUT2D eigenvalue weighted by molar-refractivity contribution is -0.157. The van der Waals surface area contributed by atoms with Crippen molar-refractivity contribution >= 4 is 41.7 Å². The summed E-state index contributed by atoms with van der Waals surface area (Å²) in [6.45, 7) is 17.7. The Labute approximate surface area is 317 Å². The number of fused-ring (bicyclic) bond motifs is 5. The second-order valence-electron chi connectivity index (χ2n) is 13.6. The summed E-state index contributed by atoms with van der Waals surface area (Å²) in [5.41, 5.74) is 10.5. The van der Waals surface area contributed by atoms with Crippen LogP contribution in [0.25, 0.3) is 22.3 Å². The third kappa shape index (κ3) is 8.75. The van der Waals surface area contributed by atoms with Crippen LogP contribution in [0.3, 0.4) is 0 Å². The van der Waals surface area contributed by atoms with Crippen LogP contribution in [0.15, 0.2) is 46.0 Å². The number of pyridine rings is 2. The van der Waals surface area contributed by atoms with Gasteiger partial charge in [-0.25, -0.2) is 28.8 Å². The minimum absolute atomic E-state index is 0.000204. The number of alkyl carbamates (subject to hydrolysis) is 1. The number of nitrogens with zero attached hydrogens (tertiary/aromatic N) is 4. The fourth-order valence-corrected chi connectivity index (χ4v) is 6.53. The molecule has 0 bridgehead atoms. The predicted molar refractivity (Wildman–Crippen MR) is 203 cm³/mol. The zero-order chi connectivity index (χ0) is 40.9. The van der Waals surface area contributed by atoms with Crippen molar-refractivity contribution in [3.8, 4) is 11.4 Å². The number of primary amides is 1. The van der Waals surface area contributed by atoms with Gasteiger partial charge in [0.25, 0.3) is 11.5 Å². The first-order chi connectivity index (χ1) is 26.0. The van der Waals surface area contributed by atoms with Gasteiger partial charge < -0.3 is 34.9 Å². The normalized spacial score (nSPS) is 15.2. The van der Waals surface area contributed by atoms with Gasteiger partial charge in [-0.15, -0.1) is 0 Å². The Balaban J connectivity index is 0.000000240. The number of amides is 3. The van der Waals surface area contributed by atoms with E-state index in [-0.39, 0.29) is 35.9 Å². The zero-order valence-corrected chi connectivity index (χ0v) is 32.1. The van der Waals surface area contributed by atoms with Gasteiger partial charge in [0.15, 0.2) is 12.7 Å². The van der Waals surface area contributed by atoms with E-state index < -0.39 is 42.4 Å². The molecule has 0 radical (unpaired) electrons. The molecule has 4 N–H and O–H groups in total. The Morgan fingerprint density at radius 3 is 2.47 bits per heavy atom. The summed E-state index contributed by atoms with van der Waals surface area (Å²) in [7, 11) is 1.37. The lowest BCUT2D eigenvalue weighted by Crippen LogP contribution is -2.35. The molecule has 0 saturated carbocycles. The van der Waals surface area contributed by atoms with Crippen molar-refractivity contribution in [1.82, 2.24) is 19.8 Å². The third-order valence-electron chi connectivity index (χ3n) is 8.98. The molecule has 1 atom stereocenters. The van der Waals surface area contributed by atoms with E-state index in [1.54, 1.807) is 38.3 Å². The molecule has 55 heavy (non-hydrogen) atoms. The monoisotopic (exact) mass is 762 g/mol. The number of aryl methyl sites for hydroxylation is 2. The van der Waals surface area contributed by atoms with E-state index in [1.807, 2.05) is 13.8 Å². The fourth-order valence-electron chi connectivity index (χ4n) is 6.53. The quantitative estimate of drug-likeness (QED) is 0.103. The molecule has 0 spiro atoms. The number of hydrogen-bond donors (Lipinski definition) is 3. The number of cyclic esters (lactones) is 1. The molecule has 2 aromatic heterocycles. The Kier molecular flexibility index (Phi) is 13.0. The van der Waals surface area contributed by atoms with E-state index >= 15 is 0 Å². The van der Waals surface area contributed by atoms with Crippen LogP contribution in [0.5, 0.6) is 0 Å². The standard InChI is InChI=1S/C22H17FN2O4.C15H24N4O5.C2H6/c1-9-10-3-2-4-11-13-7-25-17(19(13)24-16(18(10)11)6-15(9)23)5-12-14(21(25)27)8-29-22(28)20(12)26;1-7-10(8-18-13(21)24-15(2,3)4)12(17-5)19(6)14(22)23-9-11(16)20;1-2/h5-6,20,26H,2-4,7-8H2,1H3;7H,1,5,8-9H2,2-4,6H3,(H2,16,20)(H,18,21);1-2H3/b;12-10-;. The maximum Gasteiger partial charge on any atom is 0.415 e. The van der Waals surface area contributed by atoms with E-state index in [0.717, 1.165) is 46.2 Å². The second kappa shape index (κ2) is 17.1. The number of aliphatic imine (C=N–C) groups is 1. The highest BCUT2D eigenvalue weighted by atomic mass is 19.1. The molecule has 294 valence electrons. The number of rotatable bonds is 7. The molecule has 0 saturated heterocycles. The van der Waals surface area contributed by atoms with Crippen molar-refractivity contribution in [1.29, 1.82) is 0 Å². The van der Waals surface area contributed by atoms with E-state index in [9.17, 15) is 33.5 Å². The minimum atomic E-state index is -1.48. The van der Waals surface area contributed by atoms with Crippen LogP contribution in [-0.4, -0.2) is 76.1 Å². The minimum Gasteiger partial charge on any atom is -0.458 e. The highest BCUT2D eigenvalue weighted by molar-refractivity contribution is 5.92. The molecule has 1 aromatic carbocycles. The Hall–Kier alpha value is -5.90. The van der Waals surface area contributed by atoms with Crippen LogP contribution in [0, 0.1) is 12.7 Å². The number of aromatic nitrogens is 2. The number of esters is 1. The molecule has 1 aliphatic carbocycles. The number of carbonyl (C=O) groups excluding carboxylic acids is 4. The molecule has 16 heteroatoms. The maximum atomic E-state index is 14.5. The van der Waals surface area contributed by atoms with Gasteiger partial charge >= 0.3 is 18.2 Å². The van der Waals surface area contributed by atoms with Gasteiger partial charge in [0.2, 0.25) is 0 Å². The van der Waals surface area contributed by atoms with Crippen molar-refractivity contribution < 1.29 is 42.9 Å². The highest BCUT2D eigenvalue weighted by Gasteiger charge is 2.35. The molecule has 3 aromatic rings. The first-order valence-electron chi connectivity index (χ1n) is 17.7. The topological polar surface area (TPSA) is 205 Å². The Morgan fingerprint density at radius 1 is 1.18 bits per heavy atom. The van der Waals surface area contributed by atoms with E-state index in [1.165, 1.54) is 19.2 Å². The van der Waals surface area contributed by atoms with Crippen molar-refractivity contribution in [2.75, 3.05) is 20.2 Å². The fraction of sp³-hybridized carbons (Fsp3) is 0.410. The Morgan fingerprint density at radius 2 is 1.85 bits per heavy atom. The number of benzene rings is 1. The first kappa shape index (κ1) is 41.9. The molecule has 6 rings (SSSR count). The van der Waals surface area contributed by atoms with Crippen molar-refractivity contribution in [2.24, 2.45) is 10.7 Å². The summed E-state index contributed by atoms with van der Waals surface area (Å²) in [5.74, 6) is -1.71. The molecule has 1 unspecified atom stereocenters. The lowest BCUT2D eigenvalue weighted by atomic mass is 9.85. The van der Waals surface area contributed by atoms with Crippen LogP contribution in [-0.2, 0) is 49.8 Å². The number of hydrogen-bond acceptors (Lipinski definition) is 11. The highest BCUT2D eigenvalue weighted by Crippen LogP contribution is 2.42. The molecule has 4 heterocycles. The van der Waals surface area contributed by atoms with E-state index in [4.69, 9.17) is 20.2 Å². The number of nitrogens with one attached hydrogen (secondary N) is 1. The van der Waals surface area contributed by atoms with Crippen molar-refractivity contribution in [2.45, 2.75) is 85.7 Å². The van der Waals surface area contributed by atoms with Gasteiger partial charge in [0.05, 0.1) is 29.0 Å². The van der Waals surface area contributed by atoms with E-state index in [0.29, 0.717) is 40.1 Å². The first-order valence-corrected chi connectivity index (χ1v) is 17.7. The van der Waals surface area contributed by atoms with Gasteiger partial charge in [0, 0.05) is 41.7 Å². The number of ether oxygens (including phenoxy) is 3. The van der Waals surface area contributed by atoms with Crippen molar-refractivity contribution in [3.05, 3.63) is 85.7 Å². The van der Waals surface area contributed by atoms with Gasteiger partial charge in [-0.2, -0.15) is 0 Å². The van der Waals surface area contributed by atoms with Gasteiger partial charge in [-0.3, -0.25) is 14.5 Å². The summed E-state index contributed by atoms with van der Waals surface area (Å²) in [6, 6.07) is 3.13. The van der Waals surface area contributed by atoms with Gasteiger partial charge in [-0.1, -0.05) is 26.5 Å². The number of aliphatic hydroxyl groups excluding tert-OH is 1. The van der Waals surface area contributed by atoms with Crippen LogP contribution in [0.2, 0.25) is 0 Å². The average molecular weight is 763 g/mol. The average Bonchev–Trinajstić information content (AvgIpc) is 3.52. The number of halogens is 1. The Bertz CT molecular complexity index is 2170. The number of carbonyl (C=O) groups is 4. The molecular formula is C39H47FN6O9. The number of aliphatic hydroxyl groups is 1. The second-order valence-corrected chi connectivity index (χ2v) is 13.6. The summed E-state index contributed by atoms with van der Waals surface area (Å²) >= 11 is 0. The summed E-state index contributed by atoms with van der Waals surface area (Å²) < 4.78 is 30.8. The predicted octanol–water partition coefficient (Wildman–Crippen LogP) is 4.64. The molecule has 3 amide bonds. The van der Waals surface area contributed by atoms with Crippen LogP contribution >= 0.6 is 0 Å². The zero-order valence-electron chi connectivity index (χ0n) is 32.1. The SMILES string of the molecule is C=C/C(CNC(=O)OC(C)(C)C)=C(\N=C)N(C)C(=O)OCC(N)=O.CC.Cc1c(F)cc2nc3c(c4c2c1CCC4)Cn1c-3cc2c(c1=O)COC(=O)C2O. The van der Waals surface area contributed by atoms with E-state index in [2.05, 4.69) is 28.3 Å². The van der Waals surface area contributed by atoms with Gasteiger partial charge in [0.1, 0.15) is 23.8 Å². The van der Waals surface area contributed by atoms with Crippen LogP contribution < -0.4 is 16.6 Å².